The number of aryl methyl sites for hydroxylation is 1. The first-order valence-corrected chi connectivity index (χ1v) is 6.88. The highest BCUT2D eigenvalue weighted by molar-refractivity contribution is 7.98. The van der Waals surface area contributed by atoms with Gasteiger partial charge in [0.2, 0.25) is 0 Å². The van der Waals surface area contributed by atoms with E-state index in [1.165, 1.54) is 4.88 Å². The Bertz CT molecular complexity index is 449. The topological polar surface area (TPSA) is 42.7 Å². The lowest BCUT2D eigenvalue weighted by molar-refractivity contribution is 0.790. The second-order valence-electron chi connectivity index (χ2n) is 3.27. The van der Waals surface area contributed by atoms with Crippen molar-refractivity contribution in [1.29, 1.82) is 0 Å². The highest BCUT2D eigenvalue weighted by atomic mass is 32.2. The summed E-state index contributed by atoms with van der Waals surface area (Å²) in [7, 11) is 2.01. The minimum absolute atomic E-state index is 0.916. The van der Waals surface area contributed by atoms with Crippen molar-refractivity contribution >= 4 is 28.2 Å². The van der Waals surface area contributed by atoms with Gasteiger partial charge in [0.1, 0.15) is 0 Å². The molecular formula is C10H14N4S2. The fourth-order valence-corrected chi connectivity index (χ4v) is 3.07. The number of thiazole rings is 1. The van der Waals surface area contributed by atoms with Crippen molar-refractivity contribution in [2.45, 2.75) is 17.8 Å². The number of rotatable bonds is 5. The molecule has 0 radical (unpaired) electrons. The first-order valence-electron chi connectivity index (χ1n) is 5.08. The van der Waals surface area contributed by atoms with Crippen LogP contribution in [0.15, 0.2) is 23.7 Å². The quantitative estimate of drug-likeness (QED) is 0.833. The lowest BCUT2D eigenvalue weighted by Gasteiger charge is -1.98. The zero-order valence-electron chi connectivity index (χ0n) is 9.30. The van der Waals surface area contributed by atoms with E-state index in [0.29, 0.717) is 0 Å². The molecule has 0 aromatic carbocycles. The predicted octanol–water partition coefficient (Wildman–Crippen LogP) is 2.60. The summed E-state index contributed by atoms with van der Waals surface area (Å²) in [5.74, 6) is 0.925. The maximum Gasteiger partial charge on any atom is 0.182 e. The molecule has 2 aromatic rings. The van der Waals surface area contributed by atoms with Crippen LogP contribution in [0.25, 0.3) is 0 Å². The Labute approximate surface area is 103 Å². The first kappa shape index (κ1) is 11.5. The third-order valence-corrected chi connectivity index (χ3v) is 4.25. The molecule has 0 aliphatic rings. The van der Waals surface area contributed by atoms with E-state index in [9.17, 15) is 0 Å². The molecule has 1 N–H and O–H groups in total. The van der Waals surface area contributed by atoms with E-state index in [0.717, 1.165) is 22.6 Å². The summed E-state index contributed by atoms with van der Waals surface area (Å²) in [6.07, 6.45) is 5.71. The molecule has 86 valence electrons. The first-order chi connectivity index (χ1) is 7.79. The van der Waals surface area contributed by atoms with Crippen LogP contribution >= 0.6 is 23.1 Å². The predicted molar refractivity (Wildman–Crippen MR) is 69.0 cm³/mol. The largest absolute Gasteiger partial charge is 0.362 e. The van der Waals surface area contributed by atoms with E-state index >= 15 is 0 Å². The third-order valence-electron chi connectivity index (χ3n) is 2.00. The van der Waals surface area contributed by atoms with Crippen molar-refractivity contribution in [2.75, 3.05) is 11.9 Å². The molecule has 0 bridgehead atoms. The van der Waals surface area contributed by atoms with Gasteiger partial charge >= 0.3 is 0 Å². The third kappa shape index (κ3) is 2.76. The zero-order chi connectivity index (χ0) is 11.4. The molecule has 2 heterocycles. The molecule has 0 unspecified atom stereocenters. The molecule has 6 heteroatoms. The fourth-order valence-electron chi connectivity index (χ4n) is 1.23. The van der Waals surface area contributed by atoms with Gasteiger partial charge in [0.05, 0.1) is 0 Å². The molecule has 0 spiro atoms. The molecule has 0 aliphatic heterocycles. The van der Waals surface area contributed by atoms with Crippen molar-refractivity contribution in [3.05, 3.63) is 23.5 Å². The van der Waals surface area contributed by atoms with E-state index in [-0.39, 0.29) is 0 Å². The molecule has 0 saturated carbocycles. The monoisotopic (exact) mass is 254 g/mol. The van der Waals surface area contributed by atoms with Crippen molar-refractivity contribution in [2.24, 2.45) is 7.05 Å². The Hall–Kier alpha value is -1.01. The minimum Gasteiger partial charge on any atom is -0.362 e. The van der Waals surface area contributed by atoms with E-state index < -0.39 is 0 Å². The Morgan fingerprint density at radius 1 is 1.50 bits per heavy atom. The number of anilines is 1. The average molecular weight is 254 g/mol. The lowest BCUT2D eigenvalue weighted by atomic mass is 10.6. The lowest BCUT2D eigenvalue weighted by Crippen LogP contribution is -1.94. The van der Waals surface area contributed by atoms with Crippen LogP contribution < -0.4 is 5.32 Å². The number of nitrogens with one attached hydrogen (secondary N) is 1. The van der Waals surface area contributed by atoms with Crippen LogP contribution in [-0.2, 0) is 12.8 Å². The fraction of sp³-hybridized carbons (Fsp3) is 0.400. The maximum absolute atomic E-state index is 4.30. The zero-order valence-corrected chi connectivity index (χ0v) is 10.9. The molecule has 0 amide bonds. The summed E-state index contributed by atoms with van der Waals surface area (Å²) in [6, 6.07) is 0. The molecule has 2 rings (SSSR count). The maximum atomic E-state index is 4.30. The number of hydrogen-bond donors (Lipinski definition) is 1. The van der Waals surface area contributed by atoms with Gasteiger partial charge in [-0.1, -0.05) is 11.8 Å². The van der Waals surface area contributed by atoms with E-state index in [4.69, 9.17) is 0 Å². The molecule has 0 aliphatic carbocycles. The van der Waals surface area contributed by atoms with Crippen molar-refractivity contribution in [3.63, 3.8) is 0 Å². The summed E-state index contributed by atoms with van der Waals surface area (Å²) in [6.45, 7) is 2.99. The van der Waals surface area contributed by atoms with Crippen LogP contribution in [0, 0.1) is 0 Å². The molecular weight excluding hydrogens is 240 g/mol. The van der Waals surface area contributed by atoms with Crippen LogP contribution in [0.1, 0.15) is 11.8 Å². The standard InChI is InChI=1S/C10H14N4S2/c1-3-11-9-13-6-8(16-9)7-15-10-12-4-5-14(10)2/h4-6H,3,7H2,1-2H3,(H,11,13). The number of aromatic nitrogens is 3. The van der Waals surface area contributed by atoms with Gasteiger partial charge in [0.15, 0.2) is 10.3 Å². The summed E-state index contributed by atoms with van der Waals surface area (Å²) < 4.78 is 2.02. The molecule has 0 saturated heterocycles. The van der Waals surface area contributed by atoms with Gasteiger partial charge < -0.3 is 9.88 Å². The van der Waals surface area contributed by atoms with Crippen molar-refractivity contribution < 1.29 is 0 Å². The smallest absolute Gasteiger partial charge is 0.182 e. The SMILES string of the molecule is CCNc1ncc(CSc2nccn2C)s1. The van der Waals surface area contributed by atoms with Crippen molar-refractivity contribution in [3.8, 4) is 0 Å². The van der Waals surface area contributed by atoms with E-state index in [1.54, 1.807) is 23.1 Å². The van der Waals surface area contributed by atoms with Gasteiger partial charge in [-0.2, -0.15) is 0 Å². The minimum atomic E-state index is 0.916. The number of imidazole rings is 1. The number of nitrogens with zero attached hydrogens (tertiary/aromatic N) is 3. The van der Waals surface area contributed by atoms with Gasteiger partial charge in [-0.05, 0) is 6.92 Å². The van der Waals surface area contributed by atoms with Crippen LogP contribution in [0.4, 0.5) is 5.13 Å². The van der Waals surface area contributed by atoms with Gasteiger partial charge in [0, 0.05) is 42.8 Å². The van der Waals surface area contributed by atoms with E-state index in [2.05, 4.69) is 22.2 Å². The molecule has 4 nitrogen and oxygen atoms in total. The molecule has 16 heavy (non-hydrogen) atoms. The van der Waals surface area contributed by atoms with Crippen LogP contribution in [0.2, 0.25) is 0 Å². The summed E-state index contributed by atoms with van der Waals surface area (Å²) >= 11 is 3.44. The summed E-state index contributed by atoms with van der Waals surface area (Å²) in [5, 5.41) is 5.25. The number of thioether (sulfide) groups is 1. The normalized spacial score (nSPS) is 10.6. The van der Waals surface area contributed by atoms with Gasteiger partial charge in [-0.15, -0.1) is 11.3 Å². The van der Waals surface area contributed by atoms with Gasteiger partial charge in [-0.3, -0.25) is 0 Å². The second-order valence-corrected chi connectivity index (χ2v) is 5.33. The summed E-state index contributed by atoms with van der Waals surface area (Å²) in [4.78, 5) is 9.83. The highest BCUT2D eigenvalue weighted by Crippen LogP contribution is 2.26. The second kappa shape index (κ2) is 5.36. The van der Waals surface area contributed by atoms with Crippen LogP contribution in [0.5, 0.6) is 0 Å². The van der Waals surface area contributed by atoms with Gasteiger partial charge in [0.25, 0.3) is 0 Å². The Kier molecular flexibility index (Phi) is 3.84. The average Bonchev–Trinajstić information content (AvgIpc) is 2.86. The Morgan fingerprint density at radius 3 is 3.06 bits per heavy atom. The molecule has 2 aromatic heterocycles. The Balaban J connectivity index is 1.92. The van der Waals surface area contributed by atoms with Crippen molar-refractivity contribution in [1.82, 2.24) is 14.5 Å². The summed E-state index contributed by atoms with van der Waals surface area (Å²) in [5.41, 5.74) is 0. The highest BCUT2D eigenvalue weighted by Gasteiger charge is 2.04. The van der Waals surface area contributed by atoms with E-state index in [1.807, 2.05) is 30.2 Å². The van der Waals surface area contributed by atoms with Gasteiger partial charge in [-0.25, -0.2) is 9.97 Å². The Morgan fingerprint density at radius 2 is 2.38 bits per heavy atom. The molecule has 0 fully saturated rings. The van der Waals surface area contributed by atoms with Crippen LogP contribution in [0.3, 0.4) is 0 Å². The van der Waals surface area contributed by atoms with Crippen LogP contribution in [-0.4, -0.2) is 21.1 Å². The molecule has 0 atom stereocenters. The number of hydrogen-bond acceptors (Lipinski definition) is 5.